The van der Waals surface area contributed by atoms with Crippen molar-refractivity contribution < 1.29 is 23.1 Å². The minimum absolute atomic E-state index is 0.142. The smallest absolute Gasteiger partial charge is 0.418 e. The van der Waals surface area contributed by atoms with Crippen molar-refractivity contribution in [3.05, 3.63) is 23.8 Å². The zero-order chi connectivity index (χ0) is 19.6. The number of nitrogens with zero attached hydrogens (tertiary/aromatic N) is 2. The SMILES string of the molecule is CC.CC.CN(O)c1ccc(OC2CCN(N)CC2)cc1C(F)(F)F. The van der Waals surface area contributed by atoms with Gasteiger partial charge in [-0.2, -0.15) is 13.2 Å². The van der Waals surface area contributed by atoms with Crippen molar-refractivity contribution in [3.8, 4) is 5.75 Å². The van der Waals surface area contributed by atoms with Crippen LogP contribution in [-0.2, 0) is 6.18 Å². The second-order valence-corrected chi connectivity index (χ2v) is 5.05. The first-order valence-electron chi connectivity index (χ1n) is 8.57. The summed E-state index contributed by atoms with van der Waals surface area (Å²) < 4.78 is 44.6. The van der Waals surface area contributed by atoms with E-state index in [1.165, 1.54) is 12.1 Å². The predicted octanol–water partition coefficient (Wildman–Crippen LogP) is 4.30. The summed E-state index contributed by atoms with van der Waals surface area (Å²) >= 11 is 0. The molecule has 0 radical (unpaired) electrons. The van der Waals surface area contributed by atoms with Crippen molar-refractivity contribution >= 4 is 5.69 Å². The number of alkyl halides is 3. The Hall–Kier alpha value is -1.51. The zero-order valence-electron chi connectivity index (χ0n) is 15.6. The zero-order valence-corrected chi connectivity index (χ0v) is 15.6. The Bertz CT molecular complexity index is 489. The molecule has 8 heteroatoms. The lowest BCUT2D eigenvalue weighted by Gasteiger charge is -2.29. The van der Waals surface area contributed by atoms with Crippen molar-refractivity contribution in [2.45, 2.75) is 52.8 Å². The first-order valence-corrected chi connectivity index (χ1v) is 8.57. The molecule has 1 fully saturated rings. The Morgan fingerprint density at radius 3 is 2.12 bits per heavy atom. The summed E-state index contributed by atoms with van der Waals surface area (Å²) in [6.07, 6.45) is -3.38. The van der Waals surface area contributed by atoms with Crippen molar-refractivity contribution in [3.63, 3.8) is 0 Å². The molecule has 0 bridgehead atoms. The van der Waals surface area contributed by atoms with Crippen LogP contribution in [0.3, 0.4) is 0 Å². The van der Waals surface area contributed by atoms with Crippen molar-refractivity contribution in [2.24, 2.45) is 5.84 Å². The summed E-state index contributed by atoms with van der Waals surface area (Å²) in [7, 11) is 1.14. The van der Waals surface area contributed by atoms with Gasteiger partial charge < -0.3 is 4.74 Å². The molecule has 1 aliphatic rings. The van der Waals surface area contributed by atoms with Crippen LogP contribution < -0.4 is 15.6 Å². The molecule has 1 aromatic carbocycles. The fraction of sp³-hybridized carbons (Fsp3) is 0.647. The van der Waals surface area contributed by atoms with E-state index in [9.17, 15) is 18.4 Å². The molecule has 1 saturated heterocycles. The molecule has 3 N–H and O–H groups in total. The molecule has 0 atom stereocenters. The molecule has 146 valence electrons. The van der Waals surface area contributed by atoms with Gasteiger partial charge in [0.2, 0.25) is 0 Å². The maximum absolute atomic E-state index is 13.0. The van der Waals surface area contributed by atoms with E-state index in [1.54, 1.807) is 5.01 Å². The van der Waals surface area contributed by atoms with E-state index in [-0.39, 0.29) is 17.5 Å². The molecule has 0 saturated carbocycles. The van der Waals surface area contributed by atoms with Gasteiger partial charge in [-0.1, -0.05) is 27.7 Å². The summed E-state index contributed by atoms with van der Waals surface area (Å²) in [4.78, 5) is 0. The average Bonchev–Trinajstić information content (AvgIpc) is 2.59. The topological polar surface area (TPSA) is 62.0 Å². The third-order valence-corrected chi connectivity index (χ3v) is 3.40. The summed E-state index contributed by atoms with van der Waals surface area (Å²) in [6.45, 7) is 9.29. The maximum Gasteiger partial charge on any atom is 0.418 e. The Morgan fingerprint density at radius 1 is 1.16 bits per heavy atom. The van der Waals surface area contributed by atoms with Gasteiger partial charge in [-0.15, -0.1) is 0 Å². The molecular formula is C17H30F3N3O2. The van der Waals surface area contributed by atoms with Crippen molar-refractivity contribution in [1.82, 2.24) is 5.01 Å². The van der Waals surface area contributed by atoms with Gasteiger partial charge in [0.05, 0.1) is 11.3 Å². The van der Waals surface area contributed by atoms with Crippen molar-refractivity contribution in [1.29, 1.82) is 0 Å². The molecular weight excluding hydrogens is 335 g/mol. The second kappa shape index (κ2) is 11.2. The lowest BCUT2D eigenvalue weighted by Crippen LogP contribution is -2.42. The number of hydrogen-bond acceptors (Lipinski definition) is 5. The minimum Gasteiger partial charge on any atom is -0.490 e. The Morgan fingerprint density at radius 2 is 1.68 bits per heavy atom. The third-order valence-electron chi connectivity index (χ3n) is 3.40. The summed E-state index contributed by atoms with van der Waals surface area (Å²) in [5.41, 5.74) is -1.24. The Kier molecular flexibility index (Phi) is 10.5. The first kappa shape index (κ1) is 23.5. The highest BCUT2D eigenvalue weighted by molar-refractivity contribution is 5.55. The van der Waals surface area contributed by atoms with E-state index in [4.69, 9.17) is 10.6 Å². The molecule has 0 spiro atoms. The highest BCUT2D eigenvalue weighted by Gasteiger charge is 2.35. The number of benzene rings is 1. The highest BCUT2D eigenvalue weighted by atomic mass is 19.4. The fourth-order valence-electron chi connectivity index (χ4n) is 2.28. The van der Waals surface area contributed by atoms with Crippen LogP contribution in [0.15, 0.2) is 18.2 Å². The standard InChI is InChI=1S/C13H18F3N3O2.2C2H6/c1-18(20)12-3-2-10(8-11(12)13(14,15)16)21-9-4-6-19(17)7-5-9;2*1-2/h2-3,8-9,20H,4-7,17H2,1H3;2*1-2H3. The van der Waals surface area contributed by atoms with E-state index in [2.05, 4.69) is 0 Å². The number of rotatable bonds is 3. The number of anilines is 1. The average molecular weight is 365 g/mol. The van der Waals surface area contributed by atoms with E-state index in [0.717, 1.165) is 13.1 Å². The molecule has 25 heavy (non-hydrogen) atoms. The molecule has 0 aliphatic carbocycles. The fourth-order valence-corrected chi connectivity index (χ4v) is 2.28. The molecule has 5 nitrogen and oxygen atoms in total. The Balaban J connectivity index is 0.00000134. The van der Waals surface area contributed by atoms with Crippen LogP contribution in [-0.4, -0.2) is 36.5 Å². The van der Waals surface area contributed by atoms with E-state index in [0.29, 0.717) is 31.0 Å². The number of ether oxygens (including phenoxy) is 1. The largest absolute Gasteiger partial charge is 0.490 e. The number of hydrazine groups is 1. The number of piperidine rings is 1. The van der Waals surface area contributed by atoms with E-state index >= 15 is 0 Å². The van der Waals surface area contributed by atoms with Gasteiger partial charge in [0, 0.05) is 20.1 Å². The maximum atomic E-state index is 13.0. The van der Waals surface area contributed by atoms with Crippen LogP contribution in [0.5, 0.6) is 5.75 Å². The number of hydrogen-bond donors (Lipinski definition) is 2. The molecule has 0 amide bonds. The molecule has 2 rings (SSSR count). The van der Waals surface area contributed by atoms with Crippen LogP contribution in [0, 0.1) is 0 Å². The quantitative estimate of drug-likeness (QED) is 0.618. The Labute approximate surface area is 148 Å². The molecule has 1 heterocycles. The number of halogens is 3. The highest BCUT2D eigenvalue weighted by Crippen LogP contribution is 2.38. The van der Waals surface area contributed by atoms with Gasteiger partial charge in [-0.25, -0.2) is 5.01 Å². The monoisotopic (exact) mass is 365 g/mol. The minimum atomic E-state index is -4.56. The van der Waals surface area contributed by atoms with Gasteiger partial charge in [-0.3, -0.25) is 16.1 Å². The van der Waals surface area contributed by atoms with Gasteiger partial charge in [-0.05, 0) is 31.0 Å². The lowest BCUT2D eigenvalue weighted by atomic mass is 10.1. The predicted molar refractivity (Wildman–Crippen MR) is 93.7 cm³/mol. The normalized spacial score (nSPS) is 15.4. The first-order chi connectivity index (χ1) is 11.8. The molecule has 1 aromatic rings. The number of nitrogens with two attached hydrogens (primary N) is 1. The van der Waals surface area contributed by atoms with Gasteiger partial charge in [0.25, 0.3) is 0 Å². The van der Waals surface area contributed by atoms with Crippen LogP contribution in [0.25, 0.3) is 0 Å². The van der Waals surface area contributed by atoms with Crippen LogP contribution in [0.1, 0.15) is 46.1 Å². The number of hydroxylamine groups is 1. The molecule has 0 aromatic heterocycles. The molecule has 0 unspecified atom stereocenters. The van der Waals surface area contributed by atoms with Crippen LogP contribution in [0.2, 0.25) is 0 Å². The summed E-state index contributed by atoms with van der Waals surface area (Å²) in [5.74, 6) is 5.76. The molecule has 1 aliphatic heterocycles. The summed E-state index contributed by atoms with van der Waals surface area (Å²) in [5, 5.41) is 11.4. The van der Waals surface area contributed by atoms with Gasteiger partial charge >= 0.3 is 6.18 Å². The van der Waals surface area contributed by atoms with E-state index < -0.39 is 11.7 Å². The van der Waals surface area contributed by atoms with Crippen molar-refractivity contribution in [2.75, 3.05) is 25.2 Å². The van der Waals surface area contributed by atoms with E-state index in [1.807, 2.05) is 27.7 Å². The summed E-state index contributed by atoms with van der Waals surface area (Å²) in [6, 6.07) is 3.53. The van der Waals surface area contributed by atoms with Gasteiger partial charge in [0.1, 0.15) is 11.9 Å². The third kappa shape index (κ3) is 7.50. The lowest BCUT2D eigenvalue weighted by molar-refractivity contribution is -0.137. The van der Waals surface area contributed by atoms with Crippen LogP contribution in [0.4, 0.5) is 18.9 Å². The van der Waals surface area contributed by atoms with Crippen LogP contribution >= 0.6 is 0 Å². The second-order valence-electron chi connectivity index (χ2n) is 5.05. The van der Waals surface area contributed by atoms with Gasteiger partial charge in [0.15, 0.2) is 0 Å².